The first kappa shape index (κ1) is 14.2. The van der Waals surface area contributed by atoms with Crippen molar-refractivity contribution in [2.75, 3.05) is 20.3 Å². The van der Waals surface area contributed by atoms with Crippen LogP contribution in [0.15, 0.2) is 11.1 Å². The second-order valence-corrected chi connectivity index (χ2v) is 4.99. The molecule has 5 nitrogen and oxygen atoms in total. The number of carbonyl (C=O) groups is 2. The van der Waals surface area contributed by atoms with Gasteiger partial charge in [-0.3, -0.25) is 4.79 Å². The molecule has 0 bridgehead atoms. The smallest absolute Gasteiger partial charge is 0.328 e. The zero-order valence-electron chi connectivity index (χ0n) is 9.70. The molecular weight excluding hydrogens is 290 g/mol. The number of esters is 1. The number of hydrogen-bond donors (Lipinski definition) is 1. The van der Waals surface area contributed by atoms with Crippen molar-refractivity contribution in [1.29, 1.82) is 0 Å². The van der Waals surface area contributed by atoms with Crippen LogP contribution in [0.2, 0.25) is 0 Å². The Morgan fingerprint density at radius 2 is 2.35 bits per heavy atom. The first-order valence-corrected chi connectivity index (χ1v) is 6.13. The van der Waals surface area contributed by atoms with Crippen LogP contribution in [0.5, 0.6) is 0 Å². The van der Waals surface area contributed by atoms with Crippen LogP contribution in [0.25, 0.3) is 0 Å². The predicted octanol–water partition coefficient (Wildman–Crippen LogP) is 0.979. The molecule has 1 aliphatic heterocycles. The molecule has 0 aromatic heterocycles. The first-order chi connectivity index (χ1) is 8.04. The lowest BCUT2D eigenvalue weighted by Crippen LogP contribution is -2.44. The Morgan fingerprint density at radius 3 is 2.82 bits per heavy atom. The van der Waals surface area contributed by atoms with Crippen LogP contribution in [-0.4, -0.2) is 38.2 Å². The monoisotopic (exact) mass is 305 g/mol. The Kier molecular flexibility index (Phi) is 5.64. The Bertz CT molecular complexity index is 313. The molecule has 0 unspecified atom stereocenters. The van der Waals surface area contributed by atoms with Gasteiger partial charge < -0.3 is 14.8 Å². The maximum absolute atomic E-state index is 11.8. The van der Waals surface area contributed by atoms with Crippen LogP contribution < -0.4 is 5.32 Å². The van der Waals surface area contributed by atoms with E-state index in [1.165, 1.54) is 7.11 Å². The number of methoxy groups -OCH3 is 1. The molecule has 1 heterocycles. The molecule has 1 N–H and O–H groups in total. The van der Waals surface area contributed by atoms with E-state index in [9.17, 15) is 9.59 Å². The number of rotatable bonds is 5. The summed E-state index contributed by atoms with van der Waals surface area (Å²) in [7, 11) is 1.29. The normalized spacial score (nSPS) is 20.7. The average Bonchev–Trinajstić information content (AvgIpc) is 2.79. The fourth-order valence-corrected chi connectivity index (χ4v) is 1.91. The topological polar surface area (TPSA) is 64.6 Å². The van der Waals surface area contributed by atoms with Gasteiger partial charge in [-0.25, -0.2) is 4.79 Å². The second-order valence-electron chi connectivity index (χ2n) is 3.87. The lowest BCUT2D eigenvalue weighted by molar-refractivity contribution is -0.145. The minimum Gasteiger partial charge on any atom is -0.467 e. The molecule has 1 fully saturated rings. The van der Waals surface area contributed by atoms with E-state index >= 15 is 0 Å². The molecule has 1 rings (SSSR count). The highest BCUT2D eigenvalue weighted by Crippen LogP contribution is 2.15. The number of hydrogen-bond acceptors (Lipinski definition) is 4. The molecular formula is C11H16BrNO4. The molecule has 0 saturated carbocycles. The minimum absolute atomic E-state index is 0.174. The molecule has 17 heavy (non-hydrogen) atoms. The van der Waals surface area contributed by atoms with Crippen molar-refractivity contribution in [3.8, 4) is 0 Å². The summed E-state index contributed by atoms with van der Waals surface area (Å²) in [5, 5.41) is 2.66. The van der Waals surface area contributed by atoms with Crippen LogP contribution >= 0.6 is 15.9 Å². The van der Waals surface area contributed by atoms with Gasteiger partial charge in [0.15, 0.2) is 0 Å². The Morgan fingerprint density at radius 1 is 1.65 bits per heavy atom. The molecule has 0 spiro atoms. The Labute approximate surface area is 109 Å². The van der Waals surface area contributed by atoms with Crippen LogP contribution in [-0.2, 0) is 19.1 Å². The molecule has 0 aliphatic carbocycles. The summed E-state index contributed by atoms with van der Waals surface area (Å²) in [6.45, 7) is 4.65. The third-order valence-electron chi connectivity index (χ3n) is 2.53. The van der Waals surface area contributed by atoms with E-state index in [4.69, 9.17) is 4.74 Å². The van der Waals surface area contributed by atoms with Gasteiger partial charge in [-0.05, 0) is 10.9 Å². The van der Waals surface area contributed by atoms with Gasteiger partial charge in [-0.1, -0.05) is 22.5 Å². The largest absolute Gasteiger partial charge is 0.467 e. The molecule has 0 aromatic rings. The Hall–Kier alpha value is -0.880. The molecule has 1 amide bonds. The summed E-state index contributed by atoms with van der Waals surface area (Å²) < 4.78 is 10.4. The molecule has 2 atom stereocenters. The van der Waals surface area contributed by atoms with E-state index in [2.05, 4.69) is 32.6 Å². The lowest BCUT2D eigenvalue weighted by Gasteiger charge is -2.17. The van der Waals surface area contributed by atoms with Crippen molar-refractivity contribution >= 4 is 27.8 Å². The SMILES string of the molecule is C=C(Br)C[C@H](NC(=O)[C@@H]1CCOC1)C(=O)OC. The highest BCUT2D eigenvalue weighted by atomic mass is 79.9. The van der Waals surface area contributed by atoms with E-state index in [1.807, 2.05) is 0 Å². The van der Waals surface area contributed by atoms with Gasteiger partial charge in [-0.2, -0.15) is 0 Å². The van der Waals surface area contributed by atoms with Crippen molar-refractivity contribution in [1.82, 2.24) is 5.32 Å². The number of amides is 1. The van der Waals surface area contributed by atoms with Gasteiger partial charge in [0.25, 0.3) is 0 Å². The summed E-state index contributed by atoms with van der Waals surface area (Å²) in [6.07, 6.45) is 1.00. The fraction of sp³-hybridized carbons (Fsp3) is 0.636. The van der Waals surface area contributed by atoms with Crippen molar-refractivity contribution in [2.24, 2.45) is 5.92 Å². The number of nitrogens with one attached hydrogen (secondary N) is 1. The zero-order chi connectivity index (χ0) is 12.8. The third kappa shape index (κ3) is 4.47. The van der Waals surface area contributed by atoms with Crippen LogP contribution in [0.1, 0.15) is 12.8 Å². The van der Waals surface area contributed by atoms with Gasteiger partial charge in [-0.15, -0.1) is 0 Å². The summed E-state index contributed by atoms with van der Waals surface area (Å²) in [5.41, 5.74) is 0. The van der Waals surface area contributed by atoms with Crippen LogP contribution in [0.3, 0.4) is 0 Å². The summed E-state index contributed by atoms with van der Waals surface area (Å²) in [6, 6.07) is -0.694. The van der Waals surface area contributed by atoms with Gasteiger partial charge in [0, 0.05) is 13.0 Å². The van der Waals surface area contributed by atoms with E-state index in [0.29, 0.717) is 30.5 Å². The quantitative estimate of drug-likeness (QED) is 0.769. The highest BCUT2D eigenvalue weighted by molar-refractivity contribution is 9.11. The van der Waals surface area contributed by atoms with E-state index < -0.39 is 12.0 Å². The van der Waals surface area contributed by atoms with Crippen molar-refractivity contribution in [2.45, 2.75) is 18.9 Å². The maximum atomic E-state index is 11.8. The summed E-state index contributed by atoms with van der Waals surface area (Å²) >= 11 is 3.17. The van der Waals surface area contributed by atoms with Crippen LogP contribution in [0, 0.1) is 5.92 Å². The van der Waals surface area contributed by atoms with Crippen molar-refractivity contribution < 1.29 is 19.1 Å². The van der Waals surface area contributed by atoms with E-state index in [-0.39, 0.29) is 11.8 Å². The van der Waals surface area contributed by atoms with Gasteiger partial charge in [0.1, 0.15) is 6.04 Å². The van der Waals surface area contributed by atoms with Gasteiger partial charge in [0.2, 0.25) is 5.91 Å². The average molecular weight is 306 g/mol. The molecule has 1 saturated heterocycles. The predicted molar refractivity (Wildman–Crippen MR) is 65.6 cm³/mol. The second kappa shape index (κ2) is 6.76. The molecule has 0 radical (unpaired) electrons. The summed E-state index contributed by atoms with van der Waals surface area (Å²) in [5.74, 6) is -0.824. The number of ether oxygens (including phenoxy) is 2. The standard InChI is InChI=1S/C11H16BrNO4/c1-7(12)5-9(11(15)16-2)13-10(14)8-3-4-17-6-8/h8-9H,1,3-6H2,2H3,(H,13,14)/t8-,9+/m1/s1. The molecule has 1 aliphatic rings. The van der Waals surface area contributed by atoms with E-state index in [1.54, 1.807) is 0 Å². The maximum Gasteiger partial charge on any atom is 0.328 e. The highest BCUT2D eigenvalue weighted by Gasteiger charge is 2.28. The summed E-state index contributed by atoms with van der Waals surface area (Å²) in [4.78, 5) is 23.3. The molecule has 6 heteroatoms. The molecule has 0 aromatic carbocycles. The fourth-order valence-electron chi connectivity index (χ4n) is 1.59. The van der Waals surface area contributed by atoms with Crippen LogP contribution in [0.4, 0.5) is 0 Å². The zero-order valence-corrected chi connectivity index (χ0v) is 11.3. The minimum atomic E-state index is -0.694. The molecule has 96 valence electrons. The first-order valence-electron chi connectivity index (χ1n) is 5.33. The van der Waals surface area contributed by atoms with Gasteiger partial charge in [0.05, 0.1) is 19.6 Å². The number of halogens is 1. The van der Waals surface area contributed by atoms with Gasteiger partial charge >= 0.3 is 5.97 Å². The Balaban J connectivity index is 2.55. The van der Waals surface area contributed by atoms with E-state index in [0.717, 1.165) is 0 Å². The number of carbonyl (C=O) groups excluding carboxylic acids is 2. The lowest BCUT2D eigenvalue weighted by atomic mass is 10.1. The third-order valence-corrected chi connectivity index (χ3v) is 2.85. The van der Waals surface area contributed by atoms with Crippen molar-refractivity contribution in [3.63, 3.8) is 0 Å². The van der Waals surface area contributed by atoms with Crippen molar-refractivity contribution in [3.05, 3.63) is 11.1 Å².